The molecule has 6 heteroatoms. The molecule has 31 heavy (non-hydrogen) atoms. The first-order valence-corrected chi connectivity index (χ1v) is 11.3. The van der Waals surface area contributed by atoms with Crippen molar-refractivity contribution < 1.29 is 19.0 Å². The first-order chi connectivity index (χ1) is 15.2. The largest absolute Gasteiger partial charge is 0.481 e. The summed E-state index contributed by atoms with van der Waals surface area (Å²) < 4.78 is 17.0. The summed E-state index contributed by atoms with van der Waals surface area (Å²) in [7, 11) is 0. The maximum absolute atomic E-state index is 13.0. The number of rotatable bonds is 5. The highest BCUT2D eigenvalue weighted by Gasteiger charge is 2.27. The highest BCUT2D eigenvalue weighted by atomic mass is 16.7. The quantitative estimate of drug-likeness (QED) is 0.739. The standard InChI is InChI=1S/C25H30N2O4/c1-18(31-22-8-4-6-20-5-2-3-7-21(20)22)25(28)27-13-11-26(12-14-27)16-19-9-10-23-24(15-19)30-17-29-23/h4,6,8-10,15,18H,2-3,5,7,11-14,16-17H2,1H3/t18-/m1/s1. The second kappa shape index (κ2) is 8.79. The molecule has 2 aromatic carbocycles. The number of amides is 1. The van der Waals surface area contributed by atoms with Gasteiger partial charge in [-0.1, -0.05) is 18.2 Å². The van der Waals surface area contributed by atoms with Gasteiger partial charge in [-0.15, -0.1) is 0 Å². The van der Waals surface area contributed by atoms with Crippen molar-refractivity contribution in [3.63, 3.8) is 0 Å². The molecule has 0 N–H and O–H groups in total. The first-order valence-electron chi connectivity index (χ1n) is 11.3. The summed E-state index contributed by atoms with van der Waals surface area (Å²) in [4.78, 5) is 17.3. The number of piperazine rings is 1. The molecule has 2 aromatic rings. The van der Waals surface area contributed by atoms with Gasteiger partial charge in [-0.05, 0) is 67.5 Å². The molecule has 0 radical (unpaired) electrons. The highest BCUT2D eigenvalue weighted by molar-refractivity contribution is 5.81. The first kappa shape index (κ1) is 20.2. The number of ether oxygens (including phenoxy) is 3. The Morgan fingerprint density at radius 2 is 1.84 bits per heavy atom. The fourth-order valence-corrected chi connectivity index (χ4v) is 4.78. The third-order valence-corrected chi connectivity index (χ3v) is 6.53. The molecule has 2 heterocycles. The average molecular weight is 423 g/mol. The fourth-order valence-electron chi connectivity index (χ4n) is 4.78. The summed E-state index contributed by atoms with van der Waals surface area (Å²) in [5.74, 6) is 2.60. The van der Waals surface area contributed by atoms with Crippen LogP contribution in [0.5, 0.6) is 17.2 Å². The van der Waals surface area contributed by atoms with Crippen LogP contribution in [0.15, 0.2) is 36.4 Å². The predicted octanol–water partition coefficient (Wildman–Crippen LogP) is 3.41. The fraction of sp³-hybridized carbons (Fsp3) is 0.480. The van der Waals surface area contributed by atoms with E-state index in [-0.39, 0.29) is 5.91 Å². The number of hydrogen-bond donors (Lipinski definition) is 0. The van der Waals surface area contributed by atoms with Crippen LogP contribution in [0.2, 0.25) is 0 Å². The highest BCUT2D eigenvalue weighted by Crippen LogP contribution is 2.33. The normalized spacial score (nSPS) is 19.1. The van der Waals surface area contributed by atoms with Gasteiger partial charge >= 0.3 is 0 Å². The Bertz CT molecular complexity index is 953. The summed E-state index contributed by atoms with van der Waals surface area (Å²) >= 11 is 0. The van der Waals surface area contributed by atoms with Crippen LogP contribution >= 0.6 is 0 Å². The lowest BCUT2D eigenvalue weighted by molar-refractivity contribution is -0.139. The summed E-state index contributed by atoms with van der Waals surface area (Å²) in [5.41, 5.74) is 3.87. The molecule has 1 atom stereocenters. The molecule has 0 bridgehead atoms. The van der Waals surface area contributed by atoms with Gasteiger partial charge in [0.15, 0.2) is 17.6 Å². The number of carbonyl (C=O) groups excluding carboxylic acids is 1. The van der Waals surface area contributed by atoms with Gasteiger partial charge in [-0.25, -0.2) is 0 Å². The van der Waals surface area contributed by atoms with Gasteiger partial charge in [0.1, 0.15) is 5.75 Å². The number of fused-ring (bicyclic) bond motifs is 2. The van der Waals surface area contributed by atoms with Crippen molar-refractivity contribution in [1.29, 1.82) is 0 Å². The number of benzene rings is 2. The Hall–Kier alpha value is -2.73. The van der Waals surface area contributed by atoms with Crippen molar-refractivity contribution >= 4 is 5.91 Å². The third-order valence-electron chi connectivity index (χ3n) is 6.53. The van der Waals surface area contributed by atoms with Crippen LogP contribution in [-0.2, 0) is 24.2 Å². The maximum atomic E-state index is 13.0. The SMILES string of the molecule is C[C@@H](Oc1cccc2c1CCCC2)C(=O)N1CCN(Cc2ccc3c(c2)OCO3)CC1. The molecule has 0 saturated carbocycles. The van der Waals surface area contributed by atoms with E-state index in [1.54, 1.807) is 0 Å². The zero-order valence-electron chi connectivity index (χ0n) is 18.1. The summed E-state index contributed by atoms with van der Waals surface area (Å²) in [6, 6.07) is 12.4. The van der Waals surface area contributed by atoms with Crippen LogP contribution < -0.4 is 14.2 Å². The van der Waals surface area contributed by atoms with Crippen LogP contribution in [0.1, 0.15) is 36.5 Å². The lowest BCUT2D eigenvalue weighted by atomic mass is 9.91. The minimum atomic E-state index is -0.464. The van der Waals surface area contributed by atoms with Gasteiger partial charge in [0.25, 0.3) is 5.91 Å². The van der Waals surface area contributed by atoms with E-state index in [4.69, 9.17) is 14.2 Å². The van der Waals surface area contributed by atoms with Crippen molar-refractivity contribution in [1.82, 2.24) is 9.80 Å². The smallest absolute Gasteiger partial charge is 0.263 e. The lowest BCUT2D eigenvalue weighted by Crippen LogP contribution is -2.51. The molecule has 0 unspecified atom stereocenters. The summed E-state index contributed by atoms with van der Waals surface area (Å²) in [6.45, 7) is 6.19. The molecule has 6 nitrogen and oxygen atoms in total. The Morgan fingerprint density at radius 1 is 1.03 bits per heavy atom. The van der Waals surface area contributed by atoms with Crippen molar-refractivity contribution in [3.05, 3.63) is 53.1 Å². The number of hydrogen-bond acceptors (Lipinski definition) is 5. The summed E-state index contributed by atoms with van der Waals surface area (Å²) in [6.07, 6.45) is 4.13. The minimum Gasteiger partial charge on any atom is -0.481 e. The van der Waals surface area contributed by atoms with E-state index in [1.807, 2.05) is 30.0 Å². The van der Waals surface area contributed by atoms with Gasteiger partial charge in [0, 0.05) is 32.7 Å². The number of carbonyl (C=O) groups is 1. The Labute approximate surface area is 183 Å². The van der Waals surface area contributed by atoms with Crippen molar-refractivity contribution in [2.75, 3.05) is 33.0 Å². The Morgan fingerprint density at radius 3 is 2.71 bits per heavy atom. The Balaban J connectivity index is 1.15. The molecule has 1 aliphatic carbocycles. The second-order valence-electron chi connectivity index (χ2n) is 8.65. The summed E-state index contributed by atoms with van der Waals surface area (Å²) in [5, 5.41) is 0. The van der Waals surface area contributed by atoms with E-state index in [0.29, 0.717) is 6.79 Å². The van der Waals surface area contributed by atoms with Crippen LogP contribution in [0, 0.1) is 0 Å². The average Bonchev–Trinajstić information content (AvgIpc) is 3.27. The lowest BCUT2D eigenvalue weighted by Gasteiger charge is -2.36. The molecule has 0 spiro atoms. The topological polar surface area (TPSA) is 51.2 Å². The van der Waals surface area contributed by atoms with Crippen molar-refractivity contribution in [2.45, 2.75) is 45.3 Å². The van der Waals surface area contributed by atoms with Crippen molar-refractivity contribution in [3.8, 4) is 17.2 Å². The van der Waals surface area contributed by atoms with Crippen LogP contribution in [-0.4, -0.2) is 54.8 Å². The van der Waals surface area contributed by atoms with Gasteiger partial charge in [-0.3, -0.25) is 9.69 Å². The minimum absolute atomic E-state index is 0.0798. The molecule has 1 saturated heterocycles. The van der Waals surface area contributed by atoms with Gasteiger partial charge in [0.2, 0.25) is 6.79 Å². The predicted molar refractivity (Wildman–Crippen MR) is 118 cm³/mol. The van der Waals surface area contributed by atoms with E-state index in [0.717, 1.165) is 62.8 Å². The third kappa shape index (κ3) is 4.35. The molecule has 5 rings (SSSR count). The van der Waals surface area contributed by atoms with Crippen molar-refractivity contribution in [2.24, 2.45) is 0 Å². The molecule has 1 amide bonds. The van der Waals surface area contributed by atoms with E-state index in [9.17, 15) is 4.79 Å². The zero-order valence-corrected chi connectivity index (χ0v) is 18.1. The Kier molecular flexibility index (Phi) is 5.72. The van der Waals surface area contributed by atoms with E-state index >= 15 is 0 Å². The van der Waals surface area contributed by atoms with Crippen LogP contribution in [0.4, 0.5) is 0 Å². The van der Waals surface area contributed by atoms with E-state index < -0.39 is 6.10 Å². The second-order valence-corrected chi connectivity index (χ2v) is 8.65. The zero-order chi connectivity index (χ0) is 21.2. The van der Waals surface area contributed by atoms with Gasteiger partial charge in [0.05, 0.1) is 0 Å². The molecular weight excluding hydrogens is 392 g/mol. The molecular formula is C25H30N2O4. The van der Waals surface area contributed by atoms with Crippen LogP contribution in [0.3, 0.4) is 0 Å². The molecule has 3 aliphatic rings. The molecule has 0 aromatic heterocycles. The van der Waals surface area contributed by atoms with E-state index in [1.165, 1.54) is 29.5 Å². The maximum Gasteiger partial charge on any atom is 0.263 e. The number of aryl methyl sites for hydroxylation is 1. The van der Waals surface area contributed by atoms with E-state index in [2.05, 4.69) is 23.1 Å². The number of nitrogens with zero attached hydrogens (tertiary/aromatic N) is 2. The van der Waals surface area contributed by atoms with Crippen LogP contribution in [0.25, 0.3) is 0 Å². The molecule has 1 fully saturated rings. The monoisotopic (exact) mass is 422 g/mol. The van der Waals surface area contributed by atoms with Gasteiger partial charge < -0.3 is 19.1 Å². The van der Waals surface area contributed by atoms with Gasteiger partial charge in [-0.2, -0.15) is 0 Å². The molecule has 2 aliphatic heterocycles. The molecule has 164 valence electrons.